The number of anilines is 1. The quantitative estimate of drug-likeness (QED) is 0.481. The molecule has 1 N–H and O–H groups in total. The minimum absolute atomic E-state index is 0.00468. The van der Waals surface area contributed by atoms with Crippen LogP contribution in [0.1, 0.15) is 38.1 Å². The average molecular weight is 342 g/mol. The van der Waals surface area contributed by atoms with Crippen molar-refractivity contribution in [3.05, 3.63) is 33.6 Å². The molecule has 24 heavy (non-hydrogen) atoms. The van der Waals surface area contributed by atoms with Gasteiger partial charge in [0.25, 0.3) is 5.69 Å². The van der Waals surface area contributed by atoms with Gasteiger partial charge < -0.3 is 14.8 Å². The van der Waals surface area contributed by atoms with Crippen molar-refractivity contribution in [2.75, 3.05) is 18.5 Å². The summed E-state index contributed by atoms with van der Waals surface area (Å²) in [5.74, 6) is -2.66. The Morgan fingerprint density at radius 3 is 2.46 bits per heavy atom. The molecule has 9 heteroatoms. The zero-order valence-corrected chi connectivity index (χ0v) is 13.8. The van der Waals surface area contributed by atoms with Crippen molar-refractivity contribution in [2.24, 2.45) is 0 Å². The Hall–Kier alpha value is -2.71. The van der Waals surface area contributed by atoms with E-state index in [2.05, 4.69) is 10.1 Å². The summed E-state index contributed by atoms with van der Waals surface area (Å²) in [5.41, 5.74) is -2.06. The van der Waals surface area contributed by atoms with Crippen LogP contribution in [0.25, 0.3) is 0 Å². The summed E-state index contributed by atoms with van der Waals surface area (Å²) in [6.45, 7) is 6.14. The van der Waals surface area contributed by atoms with Crippen LogP contribution < -0.4 is 5.32 Å². The second kappa shape index (κ2) is 7.71. The topological polar surface area (TPSA) is 108 Å². The second-order valence-corrected chi connectivity index (χ2v) is 5.77. The Bertz CT molecular complexity index is 654. The first-order valence-corrected chi connectivity index (χ1v) is 7.16. The lowest BCUT2D eigenvalue weighted by Crippen LogP contribution is -2.28. The molecule has 0 amide bonds. The molecule has 0 aliphatic carbocycles. The van der Waals surface area contributed by atoms with Gasteiger partial charge in [-0.1, -0.05) is 0 Å². The second-order valence-electron chi connectivity index (χ2n) is 5.77. The highest BCUT2D eigenvalue weighted by Crippen LogP contribution is 2.28. The van der Waals surface area contributed by atoms with Crippen LogP contribution in [-0.2, 0) is 14.3 Å². The van der Waals surface area contributed by atoms with Crippen LogP contribution in [0, 0.1) is 15.9 Å². The van der Waals surface area contributed by atoms with Crippen LogP contribution in [0.2, 0.25) is 0 Å². The van der Waals surface area contributed by atoms with E-state index in [0.717, 1.165) is 12.1 Å². The van der Waals surface area contributed by atoms with E-state index in [1.165, 1.54) is 6.92 Å². The lowest BCUT2D eigenvalue weighted by Gasteiger charge is -2.19. The SMILES string of the molecule is CCOC(=O)c1cc([N+](=O)[O-])c(NCC(=O)OC(C)(C)C)cc1F. The summed E-state index contributed by atoms with van der Waals surface area (Å²) in [4.78, 5) is 33.6. The number of halogens is 1. The molecule has 0 heterocycles. The third-order valence-electron chi connectivity index (χ3n) is 2.62. The highest BCUT2D eigenvalue weighted by molar-refractivity contribution is 5.92. The monoisotopic (exact) mass is 342 g/mol. The van der Waals surface area contributed by atoms with Crippen molar-refractivity contribution in [1.29, 1.82) is 0 Å². The lowest BCUT2D eigenvalue weighted by atomic mass is 10.1. The van der Waals surface area contributed by atoms with Crippen molar-refractivity contribution in [1.82, 2.24) is 0 Å². The van der Waals surface area contributed by atoms with Crippen molar-refractivity contribution in [3.63, 3.8) is 0 Å². The molecule has 0 atom stereocenters. The predicted octanol–water partition coefficient (Wildman–Crippen LogP) is 2.66. The van der Waals surface area contributed by atoms with Crippen molar-refractivity contribution < 1.29 is 28.4 Å². The van der Waals surface area contributed by atoms with Gasteiger partial charge in [0.05, 0.1) is 11.5 Å². The van der Waals surface area contributed by atoms with E-state index >= 15 is 0 Å². The maximum absolute atomic E-state index is 14.0. The van der Waals surface area contributed by atoms with Crippen LogP contribution in [0.15, 0.2) is 12.1 Å². The molecule has 0 bridgehead atoms. The smallest absolute Gasteiger partial charge is 0.341 e. The molecular weight excluding hydrogens is 323 g/mol. The number of benzene rings is 1. The first kappa shape index (κ1) is 19.3. The third-order valence-corrected chi connectivity index (χ3v) is 2.62. The van der Waals surface area contributed by atoms with Crippen LogP contribution in [0.4, 0.5) is 15.8 Å². The van der Waals surface area contributed by atoms with E-state index in [9.17, 15) is 24.1 Å². The predicted molar refractivity (Wildman–Crippen MR) is 83.3 cm³/mol. The normalized spacial score (nSPS) is 10.9. The Kier molecular flexibility index (Phi) is 6.21. The molecule has 0 saturated carbocycles. The number of nitro benzene ring substituents is 1. The number of carbonyl (C=O) groups is 2. The molecule has 0 unspecified atom stereocenters. The van der Waals surface area contributed by atoms with E-state index in [-0.39, 0.29) is 12.3 Å². The van der Waals surface area contributed by atoms with Crippen LogP contribution in [0.3, 0.4) is 0 Å². The molecule has 0 aliphatic heterocycles. The zero-order chi connectivity index (χ0) is 18.5. The Morgan fingerprint density at radius 1 is 1.33 bits per heavy atom. The number of hydrogen-bond donors (Lipinski definition) is 1. The minimum atomic E-state index is -1.00. The molecule has 132 valence electrons. The van der Waals surface area contributed by atoms with Crippen molar-refractivity contribution in [2.45, 2.75) is 33.3 Å². The minimum Gasteiger partial charge on any atom is -0.462 e. The van der Waals surface area contributed by atoms with Crippen molar-refractivity contribution in [3.8, 4) is 0 Å². The number of carbonyl (C=O) groups excluding carboxylic acids is 2. The van der Waals surface area contributed by atoms with E-state index < -0.39 is 46.1 Å². The summed E-state index contributed by atoms with van der Waals surface area (Å²) in [7, 11) is 0. The summed E-state index contributed by atoms with van der Waals surface area (Å²) in [6.07, 6.45) is 0. The number of hydrogen-bond acceptors (Lipinski definition) is 7. The number of esters is 2. The standard InChI is InChI=1S/C15H19FN2O6/c1-5-23-14(20)9-6-12(18(21)22)11(7-10(9)16)17-8-13(19)24-15(2,3)4/h6-7,17H,5,8H2,1-4H3. The maximum Gasteiger partial charge on any atom is 0.341 e. The number of nitrogens with zero attached hydrogens (tertiary/aromatic N) is 1. The van der Waals surface area contributed by atoms with Gasteiger partial charge in [0.2, 0.25) is 0 Å². The molecule has 8 nitrogen and oxygen atoms in total. The van der Waals surface area contributed by atoms with E-state index in [1.54, 1.807) is 20.8 Å². The third kappa shape index (κ3) is 5.49. The van der Waals surface area contributed by atoms with Gasteiger partial charge in [-0.25, -0.2) is 9.18 Å². The lowest BCUT2D eigenvalue weighted by molar-refractivity contribution is -0.384. The van der Waals surface area contributed by atoms with E-state index in [4.69, 9.17) is 4.74 Å². The molecule has 1 rings (SSSR count). The fraction of sp³-hybridized carbons (Fsp3) is 0.467. The van der Waals surface area contributed by atoms with E-state index in [1.807, 2.05) is 0 Å². The number of ether oxygens (including phenoxy) is 2. The summed E-state index contributed by atoms with van der Waals surface area (Å²) in [6, 6.07) is 1.54. The fourth-order valence-corrected chi connectivity index (χ4v) is 1.76. The Morgan fingerprint density at radius 2 is 1.96 bits per heavy atom. The first-order valence-electron chi connectivity index (χ1n) is 7.16. The van der Waals surface area contributed by atoms with Gasteiger partial charge >= 0.3 is 11.9 Å². The maximum atomic E-state index is 14.0. The van der Waals surface area contributed by atoms with Crippen LogP contribution in [0.5, 0.6) is 0 Å². The van der Waals surface area contributed by atoms with Crippen LogP contribution in [-0.4, -0.2) is 35.6 Å². The highest BCUT2D eigenvalue weighted by Gasteiger charge is 2.24. The first-order chi connectivity index (χ1) is 11.0. The molecule has 0 saturated heterocycles. The molecule has 0 aliphatic rings. The molecule has 0 fully saturated rings. The Balaban J connectivity index is 3.03. The van der Waals surface area contributed by atoms with Crippen molar-refractivity contribution >= 4 is 23.3 Å². The molecule has 0 spiro atoms. The number of nitro groups is 1. The van der Waals surface area contributed by atoms with Crippen LogP contribution >= 0.6 is 0 Å². The van der Waals surface area contributed by atoms with Gasteiger partial charge in [-0.2, -0.15) is 0 Å². The molecule has 0 aromatic heterocycles. The van der Waals surface area contributed by atoms with Gasteiger partial charge in [-0.3, -0.25) is 14.9 Å². The fourth-order valence-electron chi connectivity index (χ4n) is 1.76. The van der Waals surface area contributed by atoms with Gasteiger partial charge in [-0.05, 0) is 27.7 Å². The molecule has 1 aromatic carbocycles. The summed E-state index contributed by atoms with van der Waals surface area (Å²) in [5, 5.41) is 13.6. The Labute approximate surface area is 138 Å². The van der Waals surface area contributed by atoms with E-state index in [0.29, 0.717) is 0 Å². The summed E-state index contributed by atoms with van der Waals surface area (Å²) < 4.78 is 23.7. The number of rotatable bonds is 6. The summed E-state index contributed by atoms with van der Waals surface area (Å²) >= 11 is 0. The van der Waals surface area contributed by atoms with Gasteiger partial charge in [0.15, 0.2) is 0 Å². The van der Waals surface area contributed by atoms with Gasteiger partial charge in [0, 0.05) is 12.1 Å². The average Bonchev–Trinajstić information content (AvgIpc) is 2.43. The zero-order valence-electron chi connectivity index (χ0n) is 13.8. The molecule has 1 aromatic rings. The molecular formula is C15H19FN2O6. The molecule has 0 radical (unpaired) electrons. The number of nitrogens with one attached hydrogen (secondary N) is 1. The van der Waals surface area contributed by atoms with Gasteiger partial charge in [-0.15, -0.1) is 0 Å². The highest BCUT2D eigenvalue weighted by atomic mass is 19.1. The largest absolute Gasteiger partial charge is 0.462 e. The van der Waals surface area contributed by atoms with Gasteiger partial charge in [0.1, 0.15) is 29.2 Å².